The van der Waals surface area contributed by atoms with Crippen LogP contribution >= 0.6 is 0 Å². The van der Waals surface area contributed by atoms with Crippen molar-refractivity contribution in [1.29, 1.82) is 0 Å². The normalized spacial score (nSPS) is 25.0. The fourth-order valence-corrected chi connectivity index (χ4v) is 1.84. The molecule has 76 valence electrons. The summed E-state index contributed by atoms with van der Waals surface area (Å²) in [5, 5.41) is 0. The third-order valence-electron chi connectivity index (χ3n) is 2.43. The molecular weight excluding hydrogens is 176 g/mol. The molecule has 1 unspecified atom stereocenters. The number of likely N-dealkylation sites (tertiary alicyclic amines) is 1. The summed E-state index contributed by atoms with van der Waals surface area (Å²) in [5.41, 5.74) is 0. The summed E-state index contributed by atoms with van der Waals surface area (Å²) in [5.74, 6) is 0.296. The molecule has 1 rings (SSSR count). The first-order valence-electron chi connectivity index (χ1n) is 4.66. The van der Waals surface area contributed by atoms with Gasteiger partial charge in [-0.1, -0.05) is 0 Å². The summed E-state index contributed by atoms with van der Waals surface area (Å²) < 4.78 is 24.0. The van der Waals surface area contributed by atoms with E-state index in [0.29, 0.717) is 18.9 Å². The van der Waals surface area contributed by atoms with Crippen molar-refractivity contribution < 1.29 is 13.6 Å². The first-order chi connectivity index (χ1) is 6.22. The second-order valence-electron chi connectivity index (χ2n) is 3.56. The molecule has 1 fully saturated rings. The van der Waals surface area contributed by atoms with E-state index in [1.54, 1.807) is 4.90 Å². The van der Waals surface area contributed by atoms with Crippen LogP contribution in [-0.2, 0) is 4.79 Å². The molecule has 0 aromatic carbocycles. The molecule has 0 spiro atoms. The van der Waals surface area contributed by atoms with Crippen molar-refractivity contribution in [3.8, 4) is 0 Å². The number of halogens is 2. The Morgan fingerprint density at radius 2 is 2.31 bits per heavy atom. The van der Waals surface area contributed by atoms with Gasteiger partial charge in [-0.15, -0.1) is 0 Å². The number of nitrogens with zero attached hydrogens (tertiary/aromatic N) is 1. The lowest BCUT2D eigenvalue weighted by Crippen LogP contribution is -2.38. The zero-order chi connectivity index (χ0) is 9.68. The van der Waals surface area contributed by atoms with E-state index < -0.39 is 6.43 Å². The van der Waals surface area contributed by atoms with Gasteiger partial charge < -0.3 is 4.79 Å². The summed E-state index contributed by atoms with van der Waals surface area (Å²) in [6, 6.07) is 0. The van der Waals surface area contributed by atoms with E-state index in [-0.39, 0.29) is 6.54 Å². The maximum atomic E-state index is 12.0. The lowest BCUT2D eigenvalue weighted by atomic mass is 9.95. The molecule has 0 aromatic rings. The van der Waals surface area contributed by atoms with E-state index in [1.807, 2.05) is 0 Å². The van der Waals surface area contributed by atoms with Gasteiger partial charge in [0, 0.05) is 13.0 Å². The van der Waals surface area contributed by atoms with Crippen molar-refractivity contribution in [2.75, 3.05) is 19.6 Å². The summed E-state index contributed by atoms with van der Waals surface area (Å²) in [6.45, 7) is 1.26. The number of aldehydes is 1. The number of hydrogen-bond acceptors (Lipinski definition) is 2. The lowest BCUT2D eigenvalue weighted by molar-refractivity contribution is -0.109. The SMILES string of the molecule is O=CCC1CCCN(CC(F)F)C1. The molecule has 0 bridgehead atoms. The number of hydrogen-bond donors (Lipinski definition) is 0. The highest BCUT2D eigenvalue weighted by atomic mass is 19.3. The predicted octanol–water partition coefficient (Wildman–Crippen LogP) is 1.55. The smallest absolute Gasteiger partial charge is 0.251 e. The number of carbonyl (C=O) groups excluding carboxylic acids is 1. The molecule has 0 radical (unpaired) electrons. The Morgan fingerprint density at radius 1 is 1.54 bits per heavy atom. The third-order valence-corrected chi connectivity index (χ3v) is 2.43. The largest absolute Gasteiger partial charge is 0.303 e. The number of alkyl halides is 2. The van der Waals surface area contributed by atoms with Gasteiger partial charge in [0.1, 0.15) is 6.29 Å². The van der Waals surface area contributed by atoms with Crippen LogP contribution in [0.3, 0.4) is 0 Å². The van der Waals surface area contributed by atoms with Gasteiger partial charge in [-0.25, -0.2) is 8.78 Å². The van der Waals surface area contributed by atoms with Gasteiger partial charge in [-0.3, -0.25) is 4.90 Å². The maximum absolute atomic E-state index is 12.0. The topological polar surface area (TPSA) is 20.3 Å². The van der Waals surface area contributed by atoms with E-state index in [1.165, 1.54) is 0 Å². The Morgan fingerprint density at radius 3 is 2.92 bits per heavy atom. The van der Waals surface area contributed by atoms with Crippen LogP contribution in [0.2, 0.25) is 0 Å². The highest BCUT2D eigenvalue weighted by molar-refractivity contribution is 5.49. The van der Waals surface area contributed by atoms with Gasteiger partial charge in [0.15, 0.2) is 0 Å². The van der Waals surface area contributed by atoms with Crippen LogP contribution in [0.1, 0.15) is 19.3 Å². The van der Waals surface area contributed by atoms with Gasteiger partial charge in [-0.2, -0.15) is 0 Å². The Bertz CT molecular complexity index is 164. The molecule has 1 saturated heterocycles. The summed E-state index contributed by atoms with van der Waals surface area (Å²) in [6.07, 6.45) is 1.08. The van der Waals surface area contributed by atoms with Crippen molar-refractivity contribution in [1.82, 2.24) is 4.90 Å². The number of piperidine rings is 1. The molecule has 0 N–H and O–H groups in total. The van der Waals surface area contributed by atoms with E-state index in [4.69, 9.17) is 0 Å². The molecule has 2 nitrogen and oxygen atoms in total. The Balaban J connectivity index is 2.28. The fourth-order valence-electron chi connectivity index (χ4n) is 1.84. The first kappa shape index (κ1) is 10.6. The van der Waals surface area contributed by atoms with Gasteiger partial charge in [0.05, 0.1) is 6.54 Å². The van der Waals surface area contributed by atoms with E-state index in [0.717, 1.165) is 25.7 Å². The molecule has 4 heteroatoms. The van der Waals surface area contributed by atoms with Crippen LogP contribution in [0.4, 0.5) is 8.78 Å². The monoisotopic (exact) mass is 191 g/mol. The molecule has 0 saturated carbocycles. The standard InChI is InChI=1S/C9H15F2NO/c10-9(11)7-12-4-1-2-8(6-12)3-5-13/h5,8-9H,1-4,6-7H2. The van der Waals surface area contributed by atoms with Gasteiger partial charge >= 0.3 is 0 Å². The molecule has 1 aliphatic heterocycles. The van der Waals surface area contributed by atoms with Crippen molar-refractivity contribution in [3.63, 3.8) is 0 Å². The van der Waals surface area contributed by atoms with Crippen molar-refractivity contribution in [2.45, 2.75) is 25.7 Å². The quantitative estimate of drug-likeness (QED) is 0.628. The van der Waals surface area contributed by atoms with Gasteiger partial charge in [0.2, 0.25) is 0 Å². The summed E-state index contributed by atoms with van der Waals surface area (Å²) in [4.78, 5) is 12.0. The van der Waals surface area contributed by atoms with Crippen LogP contribution in [-0.4, -0.2) is 37.2 Å². The lowest BCUT2D eigenvalue weighted by Gasteiger charge is -2.31. The molecule has 0 amide bonds. The molecule has 13 heavy (non-hydrogen) atoms. The second-order valence-corrected chi connectivity index (χ2v) is 3.56. The first-order valence-corrected chi connectivity index (χ1v) is 4.66. The third kappa shape index (κ3) is 3.81. The minimum absolute atomic E-state index is 0.143. The van der Waals surface area contributed by atoms with Crippen LogP contribution < -0.4 is 0 Å². The molecule has 1 heterocycles. The highest BCUT2D eigenvalue weighted by Crippen LogP contribution is 2.19. The average Bonchev–Trinajstić information content (AvgIpc) is 2.04. The van der Waals surface area contributed by atoms with Crippen LogP contribution in [0, 0.1) is 5.92 Å². The van der Waals surface area contributed by atoms with Crippen LogP contribution in [0.25, 0.3) is 0 Å². The predicted molar refractivity (Wildman–Crippen MR) is 45.8 cm³/mol. The zero-order valence-corrected chi connectivity index (χ0v) is 7.59. The minimum Gasteiger partial charge on any atom is -0.303 e. The van der Waals surface area contributed by atoms with Crippen LogP contribution in [0.5, 0.6) is 0 Å². The molecule has 1 atom stereocenters. The van der Waals surface area contributed by atoms with E-state index in [2.05, 4.69) is 0 Å². The van der Waals surface area contributed by atoms with Crippen molar-refractivity contribution in [2.24, 2.45) is 5.92 Å². The second kappa shape index (κ2) is 5.27. The Kier molecular flexibility index (Phi) is 4.28. The highest BCUT2D eigenvalue weighted by Gasteiger charge is 2.21. The fraction of sp³-hybridized carbons (Fsp3) is 0.889. The van der Waals surface area contributed by atoms with E-state index >= 15 is 0 Å². The summed E-state index contributed by atoms with van der Waals surface area (Å²) in [7, 11) is 0. The Labute approximate surface area is 76.9 Å². The molecular formula is C9H15F2NO. The van der Waals surface area contributed by atoms with Crippen LogP contribution in [0.15, 0.2) is 0 Å². The molecule has 1 aliphatic rings. The summed E-state index contributed by atoms with van der Waals surface area (Å²) >= 11 is 0. The van der Waals surface area contributed by atoms with Crippen molar-refractivity contribution in [3.05, 3.63) is 0 Å². The Hall–Kier alpha value is -0.510. The van der Waals surface area contributed by atoms with Gasteiger partial charge in [-0.05, 0) is 25.3 Å². The van der Waals surface area contributed by atoms with Crippen molar-refractivity contribution >= 4 is 6.29 Å². The molecule has 0 aliphatic carbocycles. The average molecular weight is 191 g/mol. The maximum Gasteiger partial charge on any atom is 0.251 e. The number of carbonyl (C=O) groups is 1. The van der Waals surface area contributed by atoms with Gasteiger partial charge in [0.25, 0.3) is 6.43 Å². The van der Waals surface area contributed by atoms with E-state index in [9.17, 15) is 13.6 Å². The minimum atomic E-state index is -2.25. The zero-order valence-electron chi connectivity index (χ0n) is 7.59. The number of rotatable bonds is 4. The molecule has 0 aromatic heterocycles.